The van der Waals surface area contributed by atoms with Crippen molar-refractivity contribution < 1.29 is 35.2 Å². The summed E-state index contributed by atoms with van der Waals surface area (Å²) in [6.07, 6.45) is 3.39. The standard InChI is InChI=1S/C23H17ClIN2P.4C18H15P.C12H11ClN2.C7H9BO3.Pd/c24-23-22(21(25)16-17-26-23)27-28(18-10-4-1-5-11-18,19-12-6-2-7-13-19)20-14-8-3-9-15-20;4*1-4-10-16(11-5-1)19(17-12-6-2-7-13-17)18-14-8-3-9-15-18;1-8-4-2-3-5-9(8)10-6-7-15-12(13)11(10)14;1-11-7-5-3-2-4-6(7)8(9)10;/h1-17H;4*1-15H;2-7H,14H2,1H3;2-5,9-10H,1H3;. The number of nitrogens with zero attached hydrogens (tertiary/aromatic N) is 3. The molecule has 0 bridgehead atoms. The number of hydrogen-bond acceptors (Lipinski definition) is 7. The van der Waals surface area contributed by atoms with E-state index in [1.165, 1.54) is 92.2 Å². The molecule has 4 N–H and O–H groups in total. The van der Waals surface area contributed by atoms with E-state index in [9.17, 15) is 0 Å². The summed E-state index contributed by atoms with van der Waals surface area (Å²) in [5.41, 5.74) is 10.8. The second-order valence-electron chi connectivity index (χ2n) is 29.0. The summed E-state index contributed by atoms with van der Waals surface area (Å²) in [4.78, 5) is 8.22. The van der Waals surface area contributed by atoms with Gasteiger partial charge < -0.3 is 20.5 Å². The Kier molecular flexibility index (Phi) is 40.0. The third kappa shape index (κ3) is 28.1. The van der Waals surface area contributed by atoms with Gasteiger partial charge in [0.2, 0.25) is 0 Å². The van der Waals surface area contributed by atoms with Crippen LogP contribution in [0.3, 0.4) is 0 Å². The van der Waals surface area contributed by atoms with Crippen LogP contribution in [-0.4, -0.2) is 34.2 Å². The molecule has 0 amide bonds. The molecule has 19 rings (SSSR count). The fraction of sp³-hybridized carbons (Fsp3) is 0.0175. The Balaban J connectivity index is 0.000000140. The van der Waals surface area contributed by atoms with Crippen LogP contribution in [0.2, 0.25) is 10.3 Å². The van der Waals surface area contributed by atoms with Crippen LogP contribution in [0.5, 0.6) is 5.75 Å². The second kappa shape index (κ2) is 53.2. The van der Waals surface area contributed by atoms with Gasteiger partial charge in [0.25, 0.3) is 0 Å². The van der Waals surface area contributed by atoms with Crippen LogP contribution in [0.4, 0.5) is 11.4 Å². The molecule has 19 aromatic rings. The van der Waals surface area contributed by atoms with E-state index in [1.54, 1.807) is 36.7 Å². The molecule has 650 valence electrons. The Bertz CT molecular complexity index is 5600. The number of aryl methyl sites for hydroxylation is 1. The van der Waals surface area contributed by atoms with Crippen LogP contribution in [-0.2, 0) is 20.4 Å². The van der Waals surface area contributed by atoms with E-state index < -0.39 is 45.9 Å². The fourth-order valence-electron chi connectivity index (χ4n) is 14.3. The van der Waals surface area contributed by atoms with Gasteiger partial charge in [0.1, 0.15) is 11.4 Å². The average Bonchev–Trinajstić information content (AvgIpc) is 0.744. The van der Waals surface area contributed by atoms with Crippen molar-refractivity contribution in [2.45, 2.75) is 6.92 Å². The Labute approximate surface area is 814 Å². The van der Waals surface area contributed by atoms with E-state index in [2.05, 4.69) is 469 Å². The molecular weight excluding hydrogens is 1940 g/mol. The van der Waals surface area contributed by atoms with Gasteiger partial charge in [0.15, 0.2) is 10.3 Å². The zero-order valence-electron chi connectivity index (χ0n) is 72.2. The van der Waals surface area contributed by atoms with Gasteiger partial charge >= 0.3 is 7.12 Å². The maximum absolute atomic E-state index is 8.81. The predicted molar refractivity (Wildman–Crippen MR) is 576 cm³/mol. The molecule has 2 aromatic heterocycles. The summed E-state index contributed by atoms with van der Waals surface area (Å²) < 4.78 is 11.3. The molecule has 0 aliphatic carbocycles. The first-order valence-electron chi connectivity index (χ1n) is 42.3. The molecule has 0 atom stereocenters. The molecule has 17 heteroatoms. The molecule has 0 radical (unpaired) electrons. The molecule has 2 heterocycles. The number of rotatable bonds is 19. The van der Waals surface area contributed by atoms with Gasteiger partial charge in [-0.15, -0.1) is 0 Å². The monoisotopic (exact) mass is 2040 g/mol. The van der Waals surface area contributed by atoms with Crippen molar-refractivity contribution in [1.29, 1.82) is 0 Å². The number of hydrogen-bond donors (Lipinski definition) is 3. The molecule has 0 aliphatic rings. The number of para-hydroxylation sites is 1. The molecule has 0 spiro atoms. The van der Waals surface area contributed by atoms with Gasteiger partial charge in [-0.25, -0.2) is 14.7 Å². The minimum absolute atomic E-state index is 0. The molecule has 17 aromatic carbocycles. The quantitative estimate of drug-likeness (QED) is 0.0322. The third-order valence-electron chi connectivity index (χ3n) is 20.4. The largest absolute Gasteiger partial charge is 0.497 e. The van der Waals surface area contributed by atoms with Crippen molar-refractivity contribution >= 4 is 188 Å². The van der Waals surface area contributed by atoms with E-state index in [4.69, 9.17) is 48.5 Å². The first-order chi connectivity index (χ1) is 64.0. The van der Waals surface area contributed by atoms with Gasteiger partial charge in [0.05, 0.1) is 19.9 Å². The third-order valence-corrected chi connectivity index (χ3v) is 35.3. The van der Waals surface area contributed by atoms with Crippen molar-refractivity contribution in [3.05, 3.63) is 547 Å². The summed E-state index contributed by atoms with van der Waals surface area (Å²) in [5, 5.41) is 38.7. The Morgan fingerprint density at radius 3 is 0.756 bits per heavy atom. The van der Waals surface area contributed by atoms with Crippen LogP contribution in [0.1, 0.15) is 5.56 Å². The Morgan fingerprint density at radius 2 is 0.519 bits per heavy atom. The van der Waals surface area contributed by atoms with Crippen LogP contribution in [0, 0.1) is 10.5 Å². The smallest absolute Gasteiger partial charge is 0.492 e. The van der Waals surface area contributed by atoms with Crippen LogP contribution in [0.15, 0.2) is 533 Å². The zero-order valence-corrected chi connectivity index (χ0v) is 81.9. The second-order valence-corrected chi connectivity index (χ2v) is 42.8. The van der Waals surface area contributed by atoms with Gasteiger partial charge in [-0.3, -0.25) is 0 Å². The molecule has 0 aliphatic heterocycles. The number of aromatic nitrogens is 2. The summed E-state index contributed by atoms with van der Waals surface area (Å²) in [6.45, 7) is 2.04. The van der Waals surface area contributed by atoms with E-state index in [-0.39, 0.29) is 20.4 Å². The summed E-state index contributed by atoms with van der Waals surface area (Å²) >= 11 is 14.7. The Hall–Kier alpha value is -11.5. The molecule has 0 fully saturated rings. The van der Waals surface area contributed by atoms with Crippen molar-refractivity contribution in [3.63, 3.8) is 0 Å². The number of benzene rings is 17. The number of nitrogens with two attached hydrogens (primary N) is 1. The van der Waals surface area contributed by atoms with E-state index in [0.29, 0.717) is 27.2 Å². The van der Waals surface area contributed by atoms with Gasteiger partial charge in [-0.1, -0.05) is 521 Å². The normalized spacial score (nSPS) is 10.5. The maximum atomic E-state index is 8.81. The fourth-order valence-corrected chi connectivity index (χ4v) is 28.4. The van der Waals surface area contributed by atoms with Crippen molar-refractivity contribution in [2.24, 2.45) is 4.74 Å². The Morgan fingerprint density at radius 1 is 0.298 bits per heavy atom. The molecule has 0 saturated carbocycles. The first-order valence-corrected chi connectivity index (χ1v) is 51.3. The molecule has 7 nitrogen and oxygen atoms in total. The average molecular weight is 2040 g/mol. The number of methoxy groups -OCH3 is 1. The van der Waals surface area contributed by atoms with Gasteiger partial charge in [-0.05, 0) is 154 Å². The topological polar surface area (TPSA) is 114 Å². The van der Waals surface area contributed by atoms with Crippen molar-refractivity contribution in [3.8, 4) is 16.9 Å². The van der Waals surface area contributed by atoms with E-state index in [0.717, 1.165) is 20.4 Å². The van der Waals surface area contributed by atoms with Gasteiger partial charge in [0, 0.05) is 63.3 Å². The number of anilines is 1. The number of ether oxygens (including phenoxy) is 1. The first kappa shape index (κ1) is 98.6. The summed E-state index contributed by atoms with van der Waals surface area (Å²) in [6, 6.07) is 179. The van der Waals surface area contributed by atoms with E-state index in [1.807, 2.05) is 61.5 Å². The molecular formula is C114H97BCl2IN4O3P5Pd. The zero-order chi connectivity index (χ0) is 90.2. The summed E-state index contributed by atoms with van der Waals surface area (Å²) in [5.74, 6) is 0.488. The van der Waals surface area contributed by atoms with Crippen molar-refractivity contribution in [2.75, 3.05) is 12.8 Å². The predicted octanol–water partition coefficient (Wildman–Crippen LogP) is 22.6. The van der Waals surface area contributed by atoms with E-state index >= 15 is 0 Å². The molecule has 0 unspecified atom stereocenters. The number of halogens is 3. The van der Waals surface area contributed by atoms with Crippen LogP contribution < -0.4 is 95.5 Å². The van der Waals surface area contributed by atoms with Crippen LogP contribution >= 0.6 is 84.5 Å². The number of nitrogen functional groups attached to an aromatic ring is 1. The molecule has 0 saturated heterocycles. The maximum Gasteiger partial charge on any atom is 0.492 e. The minimum atomic E-state index is -2.33. The SMILES string of the molecule is COc1ccccc1B(O)O.Cc1ccccc1-c1ccnc(Cl)c1N.Clc1nccc(I)c1N=P(c1ccccc1)(c1ccccc1)c1ccccc1.[Pd].c1ccc(P(c2ccccc2)c2ccccc2)cc1.c1ccc(P(c2ccccc2)c2ccccc2)cc1.c1ccc(P(c2ccccc2)c2ccccc2)cc1.c1ccc(P(c2ccccc2)c2ccccc2)cc1. The summed E-state index contributed by atoms with van der Waals surface area (Å²) in [7, 11) is -4.10. The number of pyridine rings is 2. The molecule has 131 heavy (non-hydrogen) atoms. The minimum Gasteiger partial charge on any atom is -0.497 e. The van der Waals surface area contributed by atoms with Gasteiger partial charge in [-0.2, -0.15) is 0 Å². The van der Waals surface area contributed by atoms with Crippen LogP contribution in [0.25, 0.3) is 11.1 Å². The van der Waals surface area contributed by atoms with Crippen molar-refractivity contribution in [1.82, 2.24) is 9.97 Å².